The minimum atomic E-state index is -2.84. The first-order valence-corrected chi connectivity index (χ1v) is 7.11. The Morgan fingerprint density at radius 3 is 2.59 bits per heavy atom. The number of alkyl halides is 2. The maximum atomic E-state index is 12.0. The van der Waals surface area contributed by atoms with Crippen molar-refractivity contribution in [3.05, 3.63) is 29.8 Å². The molecular formula is C15H21ClF2N2O2. The molecule has 124 valence electrons. The van der Waals surface area contributed by atoms with E-state index in [-0.39, 0.29) is 36.5 Å². The molecule has 1 saturated carbocycles. The maximum Gasteiger partial charge on any atom is 0.387 e. The van der Waals surface area contributed by atoms with Crippen LogP contribution in [0, 0.1) is 5.92 Å². The molecule has 1 aliphatic rings. The number of nitrogens with two attached hydrogens (primary N) is 1. The maximum absolute atomic E-state index is 12.0. The summed E-state index contributed by atoms with van der Waals surface area (Å²) in [6.45, 7) is -2.25. The molecule has 0 bridgehead atoms. The van der Waals surface area contributed by atoms with Gasteiger partial charge in [-0.3, -0.25) is 4.79 Å². The van der Waals surface area contributed by atoms with Gasteiger partial charge in [-0.05, 0) is 43.0 Å². The van der Waals surface area contributed by atoms with E-state index in [0.717, 1.165) is 24.8 Å². The van der Waals surface area contributed by atoms with Gasteiger partial charge < -0.3 is 15.8 Å². The van der Waals surface area contributed by atoms with Crippen LogP contribution in [0.3, 0.4) is 0 Å². The monoisotopic (exact) mass is 334 g/mol. The molecule has 3 N–H and O–H groups in total. The molecule has 0 saturated heterocycles. The smallest absolute Gasteiger partial charge is 0.387 e. The number of nitrogens with one attached hydrogen (secondary N) is 1. The standard InChI is InChI=1S/C15H20F2N2O2.ClH/c16-15(17)21-12-6-4-10(5-7-12)8-14(20)19-13-3-1-2-11(13)9-18;/h4-7,11,13,15H,1-3,8-9,18H2,(H,19,20);1H. The summed E-state index contributed by atoms with van der Waals surface area (Å²) in [7, 11) is 0. The SMILES string of the molecule is Cl.NCC1CCCC1NC(=O)Cc1ccc(OC(F)F)cc1. The van der Waals surface area contributed by atoms with Crippen molar-refractivity contribution < 1.29 is 18.3 Å². The highest BCUT2D eigenvalue weighted by atomic mass is 35.5. The Kier molecular flexibility index (Phi) is 7.55. The Morgan fingerprint density at radius 2 is 2.00 bits per heavy atom. The highest BCUT2D eigenvalue weighted by molar-refractivity contribution is 5.85. The number of hydrogen-bond donors (Lipinski definition) is 2. The molecule has 7 heteroatoms. The summed E-state index contributed by atoms with van der Waals surface area (Å²) < 4.78 is 28.3. The molecule has 4 nitrogen and oxygen atoms in total. The van der Waals surface area contributed by atoms with Gasteiger partial charge in [-0.25, -0.2) is 0 Å². The molecule has 0 aromatic heterocycles. The molecule has 1 aliphatic carbocycles. The van der Waals surface area contributed by atoms with E-state index in [4.69, 9.17) is 5.73 Å². The van der Waals surface area contributed by atoms with Gasteiger partial charge in [-0.2, -0.15) is 8.78 Å². The summed E-state index contributed by atoms with van der Waals surface area (Å²) in [6.07, 6.45) is 3.34. The van der Waals surface area contributed by atoms with Crippen molar-refractivity contribution in [1.29, 1.82) is 0 Å². The summed E-state index contributed by atoms with van der Waals surface area (Å²) in [4.78, 5) is 12.0. The van der Waals surface area contributed by atoms with Gasteiger partial charge in [0.15, 0.2) is 0 Å². The molecule has 1 aromatic rings. The van der Waals surface area contributed by atoms with Crippen molar-refractivity contribution in [3.8, 4) is 5.75 Å². The van der Waals surface area contributed by atoms with Gasteiger partial charge in [0.2, 0.25) is 5.91 Å². The summed E-state index contributed by atoms with van der Waals surface area (Å²) in [5.41, 5.74) is 6.44. The minimum Gasteiger partial charge on any atom is -0.435 e. The van der Waals surface area contributed by atoms with Crippen molar-refractivity contribution >= 4 is 18.3 Å². The van der Waals surface area contributed by atoms with Gasteiger partial charge in [0.25, 0.3) is 0 Å². The fraction of sp³-hybridized carbons (Fsp3) is 0.533. The molecule has 22 heavy (non-hydrogen) atoms. The fourth-order valence-electron chi connectivity index (χ4n) is 2.74. The molecule has 1 fully saturated rings. The summed E-state index contributed by atoms with van der Waals surface area (Å²) in [5.74, 6) is 0.381. The van der Waals surface area contributed by atoms with Crippen molar-refractivity contribution in [2.45, 2.75) is 38.3 Å². The van der Waals surface area contributed by atoms with E-state index in [1.54, 1.807) is 12.1 Å². The van der Waals surface area contributed by atoms with Crippen LogP contribution >= 0.6 is 12.4 Å². The van der Waals surface area contributed by atoms with Gasteiger partial charge in [0.05, 0.1) is 6.42 Å². The largest absolute Gasteiger partial charge is 0.435 e. The van der Waals surface area contributed by atoms with Crippen molar-refractivity contribution in [1.82, 2.24) is 5.32 Å². The second-order valence-electron chi connectivity index (χ2n) is 5.30. The highest BCUT2D eigenvalue weighted by Gasteiger charge is 2.27. The molecule has 0 radical (unpaired) electrons. The lowest BCUT2D eigenvalue weighted by Crippen LogP contribution is -2.40. The van der Waals surface area contributed by atoms with Gasteiger partial charge in [0.1, 0.15) is 5.75 Å². The third-order valence-corrected chi connectivity index (χ3v) is 3.82. The van der Waals surface area contributed by atoms with Crippen LogP contribution < -0.4 is 15.8 Å². The highest BCUT2D eigenvalue weighted by Crippen LogP contribution is 2.24. The van der Waals surface area contributed by atoms with Crippen LogP contribution in [-0.2, 0) is 11.2 Å². The topological polar surface area (TPSA) is 64.3 Å². The number of ether oxygens (including phenoxy) is 1. The Balaban J connectivity index is 0.00000242. The minimum absolute atomic E-state index is 0. The van der Waals surface area contributed by atoms with Gasteiger partial charge >= 0.3 is 6.61 Å². The number of benzene rings is 1. The van der Waals surface area contributed by atoms with Gasteiger partial charge in [-0.1, -0.05) is 18.6 Å². The van der Waals surface area contributed by atoms with Gasteiger partial charge in [0, 0.05) is 6.04 Å². The molecule has 0 spiro atoms. The first-order valence-electron chi connectivity index (χ1n) is 7.11. The van der Waals surface area contributed by atoms with Crippen LogP contribution in [-0.4, -0.2) is 25.1 Å². The predicted octanol–water partition coefficient (Wildman–Crippen LogP) is 2.50. The number of carbonyl (C=O) groups excluding carboxylic acids is 1. The molecule has 2 rings (SSSR count). The Labute approximate surface area is 134 Å². The summed E-state index contributed by atoms with van der Waals surface area (Å²) in [6, 6.07) is 6.27. The normalized spacial score (nSPS) is 20.5. The first kappa shape index (κ1) is 18.6. The molecule has 0 heterocycles. The molecular weight excluding hydrogens is 314 g/mol. The Bertz CT molecular complexity index is 471. The van der Waals surface area contributed by atoms with Crippen molar-refractivity contribution in [2.24, 2.45) is 11.7 Å². The molecule has 1 aromatic carbocycles. The van der Waals surface area contributed by atoms with E-state index in [9.17, 15) is 13.6 Å². The Hall–Kier alpha value is -1.40. The van der Waals surface area contributed by atoms with Crippen molar-refractivity contribution in [2.75, 3.05) is 6.54 Å². The molecule has 2 unspecified atom stereocenters. The summed E-state index contributed by atoms with van der Waals surface area (Å²) >= 11 is 0. The zero-order chi connectivity index (χ0) is 15.2. The van der Waals surface area contributed by atoms with E-state index < -0.39 is 6.61 Å². The van der Waals surface area contributed by atoms with Crippen LogP contribution in [0.25, 0.3) is 0 Å². The van der Waals surface area contributed by atoms with Crippen LogP contribution in [0.5, 0.6) is 5.75 Å². The van der Waals surface area contributed by atoms with Crippen LogP contribution in [0.15, 0.2) is 24.3 Å². The van der Waals surface area contributed by atoms with E-state index in [2.05, 4.69) is 10.1 Å². The summed E-state index contributed by atoms with van der Waals surface area (Å²) in [5, 5.41) is 3.00. The predicted molar refractivity (Wildman–Crippen MR) is 82.4 cm³/mol. The Morgan fingerprint density at radius 1 is 1.32 bits per heavy atom. The lowest BCUT2D eigenvalue weighted by atomic mass is 10.0. The third kappa shape index (κ3) is 5.42. The zero-order valence-corrected chi connectivity index (χ0v) is 13.0. The van der Waals surface area contributed by atoms with E-state index >= 15 is 0 Å². The van der Waals surface area contributed by atoms with Crippen LogP contribution in [0.1, 0.15) is 24.8 Å². The molecule has 0 aliphatic heterocycles. The number of amides is 1. The lowest BCUT2D eigenvalue weighted by molar-refractivity contribution is -0.121. The third-order valence-electron chi connectivity index (χ3n) is 3.82. The van der Waals surface area contributed by atoms with E-state index in [1.807, 2.05) is 0 Å². The first-order chi connectivity index (χ1) is 10.1. The number of hydrogen-bond acceptors (Lipinski definition) is 3. The molecule has 2 atom stereocenters. The van der Waals surface area contributed by atoms with Crippen LogP contribution in [0.2, 0.25) is 0 Å². The fourth-order valence-corrected chi connectivity index (χ4v) is 2.74. The van der Waals surface area contributed by atoms with Crippen molar-refractivity contribution in [3.63, 3.8) is 0 Å². The zero-order valence-electron chi connectivity index (χ0n) is 12.1. The number of rotatable bonds is 6. The number of carbonyl (C=O) groups is 1. The van der Waals surface area contributed by atoms with Crippen LogP contribution in [0.4, 0.5) is 8.78 Å². The molecule has 1 amide bonds. The average Bonchev–Trinajstić information content (AvgIpc) is 2.87. The second-order valence-corrected chi connectivity index (χ2v) is 5.30. The quantitative estimate of drug-likeness (QED) is 0.840. The van der Waals surface area contributed by atoms with Gasteiger partial charge in [-0.15, -0.1) is 12.4 Å². The lowest BCUT2D eigenvalue weighted by Gasteiger charge is -2.19. The second kappa shape index (κ2) is 8.90. The number of halogens is 3. The van der Waals surface area contributed by atoms with E-state index in [1.165, 1.54) is 12.1 Å². The average molecular weight is 335 g/mol. The van der Waals surface area contributed by atoms with E-state index in [0.29, 0.717) is 12.5 Å².